The summed E-state index contributed by atoms with van der Waals surface area (Å²) in [5.74, 6) is 2.01. The van der Waals surface area contributed by atoms with E-state index in [1.807, 2.05) is 36.7 Å². The number of ether oxygens (including phenoxy) is 1. The maximum Gasteiger partial charge on any atom is 0.216 e. The fourth-order valence-corrected chi connectivity index (χ4v) is 2.86. The lowest BCUT2D eigenvalue weighted by atomic mass is 10.1. The molecule has 2 aromatic rings. The first-order valence-corrected chi connectivity index (χ1v) is 9.29. The number of rotatable bonds is 7. The molecule has 1 aromatic heterocycles. The van der Waals surface area contributed by atoms with Gasteiger partial charge in [-0.15, -0.1) is 0 Å². The van der Waals surface area contributed by atoms with Crippen LogP contribution in [0.25, 0.3) is 11.4 Å². The lowest BCUT2D eigenvalue weighted by Crippen LogP contribution is -2.13. The molecule has 0 radical (unpaired) electrons. The predicted octanol–water partition coefficient (Wildman–Crippen LogP) is 4.68. The average molecular weight is 337 g/mol. The summed E-state index contributed by atoms with van der Waals surface area (Å²) >= 11 is 0. The Morgan fingerprint density at radius 1 is 1.04 bits per heavy atom. The van der Waals surface area contributed by atoms with Gasteiger partial charge < -0.3 is 4.74 Å². The van der Waals surface area contributed by atoms with Gasteiger partial charge in [-0.1, -0.05) is 45.7 Å². The molecule has 0 amide bonds. The number of aryl methyl sites for hydroxylation is 1. The van der Waals surface area contributed by atoms with E-state index in [4.69, 9.17) is 4.74 Å². The summed E-state index contributed by atoms with van der Waals surface area (Å²) in [6.07, 6.45) is 8.65. The van der Waals surface area contributed by atoms with Crippen molar-refractivity contribution in [2.75, 3.05) is 6.61 Å². The monoisotopic (exact) mass is 337 g/mol. The summed E-state index contributed by atoms with van der Waals surface area (Å²) in [6, 6.07) is 8.41. The van der Waals surface area contributed by atoms with Crippen molar-refractivity contribution in [3.05, 3.63) is 47.8 Å². The van der Waals surface area contributed by atoms with E-state index >= 15 is 0 Å². The van der Waals surface area contributed by atoms with Crippen molar-refractivity contribution < 1.29 is 4.74 Å². The lowest BCUT2D eigenvalue weighted by Gasteiger charge is -2.06. The molecule has 25 heavy (non-hydrogen) atoms. The van der Waals surface area contributed by atoms with Gasteiger partial charge in [0, 0.05) is 23.5 Å². The molecule has 2 heterocycles. The van der Waals surface area contributed by atoms with Crippen LogP contribution in [-0.4, -0.2) is 28.5 Å². The van der Waals surface area contributed by atoms with Crippen LogP contribution >= 0.6 is 0 Å². The average Bonchev–Trinajstić information content (AvgIpc) is 3.13. The van der Waals surface area contributed by atoms with E-state index in [9.17, 15) is 0 Å². The molecule has 4 heteroatoms. The fourth-order valence-electron chi connectivity index (χ4n) is 2.86. The van der Waals surface area contributed by atoms with Gasteiger partial charge in [0.15, 0.2) is 5.82 Å². The van der Waals surface area contributed by atoms with E-state index in [1.54, 1.807) is 0 Å². The first-order valence-electron chi connectivity index (χ1n) is 9.29. The first-order chi connectivity index (χ1) is 12.2. The standard InChI is InChI=1S/C21H27N3O/c1-4-5-6-7-16-12-22-20(23-13-16)17-8-10-18(11-9-17)21-24-19(14-25-21)15(2)3/h8-13,15,19H,4-7,14H2,1-3H3. The van der Waals surface area contributed by atoms with Gasteiger partial charge in [-0.2, -0.15) is 0 Å². The van der Waals surface area contributed by atoms with Crippen molar-refractivity contribution >= 4 is 5.90 Å². The summed E-state index contributed by atoms with van der Waals surface area (Å²) in [6.45, 7) is 7.24. The van der Waals surface area contributed by atoms with Crippen LogP contribution in [0, 0.1) is 5.92 Å². The van der Waals surface area contributed by atoms with Gasteiger partial charge in [0.05, 0.1) is 6.04 Å². The summed E-state index contributed by atoms with van der Waals surface area (Å²) in [5.41, 5.74) is 3.24. The van der Waals surface area contributed by atoms with Crippen molar-refractivity contribution in [2.24, 2.45) is 10.9 Å². The Morgan fingerprint density at radius 3 is 2.32 bits per heavy atom. The minimum atomic E-state index is 0.262. The topological polar surface area (TPSA) is 47.4 Å². The maximum atomic E-state index is 5.74. The van der Waals surface area contributed by atoms with Gasteiger partial charge in [-0.05, 0) is 36.5 Å². The largest absolute Gasteiger partial charge is 0.475 e. The minimum Gasteiger partial charge on any atom is -0.475 e. The Labute approximate surface area is 150 Å². The molecular formula is C21H27N3O. The maximum absolute atomic E-state index is 5.74. The highest BCUT2D eigenvalue weighted by molar-refractivity contribution is 5.95. The van der Waals surface area contributed by atoms with Crippen molar-refractivity contribution in [2.45, 2.75) is 52.5 Å². The molecule has 4 nitrogen and oxygen atoms in total. The Kier molecular flexibility index (Phi) is 5.79. The van der Waals surface area contributed by atoms with E-state index in [2.05, 4.69) is 35.7 Å². The second kappa shape index (κ2) is 8.24. The first kappa shape index (κ1) is 17.6. The highest BCUT2D eigenvalue weighted by atomic mass is 16.5. The molecular weight excluding hydrogens is 310 g/mol. The predicted molar refractivity (Wildman–Crippen MR) is 102 cm³/mol. The zero-order chi connectivity index (χ0) is 17.6. The Balaban J connectivity index is 1.67. The lowest BCUT2D eigenvalue weighted by molar-refractivity contribution is 0.292. The van der Waals surface area contributed by atoms with E-state index in [0.29, 0.717) is 12.5 Å². The summed E-state index contributed by atoms with van der Waals surface area (Å²) in [4.78, 5) is 13.7. The van der Waals surface area contributed by atoms with Crippen LogP contribution in [-0.2, 0) is 11.2 Å². The van der Waals surface area contributed by atoms with E-state index in [-0.39, 0.29) is 6.04 Å². The van der Waals surface area contributed by atoms with Crippen molar-refractivity contribution in [1.82, 2.24) is 9.97 Å². The SMILES string of the molecule is CCCCCc1cnc(-c2ccc(C3=NC(C(C)C)CO3)cc2)nc1. The van der Waals surface area contributed by atoms with Gasteiger partial charge in [0.1, 0.15) is 6.61 Å². The van der Waals surface area contributed by atoms with Gasteiger partial charge >= 0.3 is 0 Å². The fraction of sp³-hybridized carbons (Fsp3) is 0.476. The number of nitrogens with zero attached hydrogens (tertiary/aromatic N) is 3. The molecule has 0 saturated carbocycles. The third kappa shape index (κ3) is 4.44. The normalized spacial score (nSPS) is 16.8. The summed E-state index contributed by atoms with van der Waals surface area (Å²) < 4.78 is 5.74. The number of hydrogen-bond donors (Lipinski definition) is 0. The second-order valence-electron chi connectivity index (χ2n) is 7.01. The van der Waals surface area contributed by atoms with Crippen LogP contribution in [0.2, 0.25) is 0 Å². The molecule has 0 N–H and O–H groups in total. The van der Waals surface area contributed by atoms with E-state index in [0.717, 1.165) is 29.3 Å². The Hall–Kier alpha value is -2.23. The third-order valence-corrected chi connectivity index (χ3v) is 4.61. The highest BCUT2D eigenvalue weighted by Gasteiger charge is 2.22. The van der Waals surface area contributed by atoms with Gasteiger partial charge in [-0.3, -0.25) is 0 Å². The third-order valence-electron chi connectivity index (χ3n) is 4.61. The van der Waals surface area contributed by atoms with Gasteiger partial charge in [0.2, 0.25) is 5.90 Å². The minimum absolute atomic E-state index is 0.262. The van der Waals surface area contributed by atoms with Crippen LogP contribution < -0.4 is 0 Å². The molecule has 0 spiro atoms. The molecule has 1 unspecified atom stereocenters. The quantitative estimate of drug-likeness (QED) is 0.689. The number of unbranched alkanes of at least 4 members (excludes halogenated alkanes) is 2. The van der Waals surface area contributed by atoms with Gasteiger partial charge in [-0.25, -0.2) is 15.0 Å². The molecule has 0 aliphatic carbocycles. The molecule has 0 bridgehead atoms. The molecule has 1 aromatic carbocycles. The molecule has 1 aliphatic rings. The Morgan fingerprint density at radius 2 is 1.72 bits per heavy atom. The van der Waals surface area contributed by atoms with Crippen molar-refractivity contribution in [3.63, 3.8) is 0 Å². The number of benzene rings is 1. The summed E-state index contributed by atoms with van der Waals surface area (Å²) in [7, 11) is 0. The number of aliphatic imine (C=N–C) groups is 1. The smallest absolute Gasteiger partial charge is 0.216 e. The molecule has 1 atom stereocenters. The highest BCUT2D eigenvalue weighted by Crippen LogP contribution is 2.20. The zero-order valence-corrected chi connectivity index (χ0v) is 15.4. The second-order valence-corrected chi connectivity index (χ2v) is 7.01. The van der Waals surface area contributed by atoms with Crippen LogP contribution in [0.1, 0.15) is 51.2 Å². The number of hydrogen-bond acceptors (Lipinski definition) is 4. The molecule has 132 valence electrons. The molecule has 3 rings (SSSR count). The van der Waals surface area contributed by atoms with Crippen LogP contribution in [0.5, 0.6) is 0 Å². The number of aromatic nitrogens is 2. The molecule has 0 saturated heterocycles. The van der Waals surface area contributed by atoms with Crippen LogP contribution in [0.4, 0.5) is 0 Å². The molecule has 1 aliphatic heterocycles. The Bertz CT molecular complexity index is 705. The van der Waals surface area contributed by atoms with Crippen molar-refractivity contribution in [1.29, 1.82) is 0 Å². The zero-order valence-electron chi connectivity index (χ0n) is 15.4. The van der Waals surface area contributed by atoms with Crippen LogP contribution in [0.3, 0.4) is 0 Å². The van der Waals surface area contributed by atoms with E-state index in [1.165, 1.54) is 24.8 Å². The molecule has 0 fully saturated rings. The summed E-state index contributed by atoms with van der Waals surface area (Å²) in [5, 5.41) is 0. The van der Waals surface area contributed by atoms with E-state index < -0.39 is 0 Å². The van der Waals surface area contributed by atoms with Crippen molar-refractivity contribution in [3.8, 4) is 11.4 Å². The van der Waals surface area contributed by atoms with Crippen LogP contribution in [0.15, 0.2) is 41.7 Å². The van der Waals surface area contributed by atoms with Gasteiger partial charge in [0.25, 0.3) is 0 Å².